The first-order valence-electron chi connectivity index (χ1n) is 8.63. The molecule has 10 heteroatoms. The zero-order valence-corrected chi connectivity index (χ0v) is 14.7. The molecular formula is C16H25N5O5. The van der Waals surface area contributed by atoms with Crippen molar-refractivity contribution >= 4 is 17.0 Å². The van der Waals surface area contributed by atoms with Crippen molar-refractivity contribution < 1.29 is 25.2 Å². The minimum Gasteiger partial charge on any atom is -0.394 e. The molecular weight excluding hydrogens is 342 g/mol. The predicted octanol–water partition coefficient (Wildman–Crippen LogP) is -0.743. The summed E-state index contributed by atoms with van der Waals surface area (Å²) in [7, 11) is 0. The first-order chi connectivity index (χ1) is 12.5. The molecule has 2 aromatic heterocycles. The fourth-order valence-electron chi connectivity index (χ4n) is 3.20. The Morgan fingerprint density at radius 2 is 1.96 bits per heavy atom. The lowest BCUT2D eigenvalue weighted by Gasteiger charge is -2.19. The number of imidazole rings is 1. The number of nitrogens with zero attached hydrogens (tertiary/aromatic N) is 4. The zero-order valence-electron chi connectivity index (χ0n) is 14.7. The topological polar surface area (TPSA) is 146 Å². The summed E-state index contributed by atoms with van der Waals surface area (Å²) in [6, 6.07) is -0.174. The van der Waals surface area contributed by atoms with Gasteiger partial charge in [0.2, 0.25) is 0 Å². The minimum atomic E-state index is -1.22. The molecule has 0 spiro atoms. The van der Waals surface area contributed by atoms with Crippen LogP contribution in [0.5, 0.6) is 0 Å². The maximum atomic E-state index is 10.2. The van der Waals surface area contributed by atoms with Crippen molar-refractivity contribution in [3.05, 3.63) is 12.7 Å². The van der Waals surface area contributed by atoms with E-state index in [0.29, 0.717) is 22.9 Å². The normalized spacial score (nSPS) is 27.3. The number of anilines is 1. The Morgan fingerprint density at radius 1 is 1.19 bits per heavy atom. The van der Waals surface area contributed by atoms with Gasteiger partial charge in [0, 0.05) is 0 Å². The third kappa shape index (κ3) is 3.51. The second-order valence-corrected chi connectivity index (χ2v) is 6.93. The van der Waals surface area contributed by atoms with Crippen LogP contribution in [0.25, 0.3) is 11.2 Å². The summed E-state index contributed by atoms with van der Waals surface area (Å²) in [4.78, 5) is 12.7. The lowest BCUT2D eigenvalue weighted by atomic mass is 10.0. The van der Waals surface area contributed by atoms with Crippen molar-refractivity contribution in [2.75, 3.05) is 18.5 Å². The van der Waals surface area contributed by atoms with Crippen LogP contribution in [-0.4, -0.2) is 77.5 Å². The van der Waals surface area contributed by atoms with Crippen LogP contribution < -0.4 is 5.32 Å². The van der Waals surface area contributed by atoms with Crippen molar-refractivity contribution in [1.29, 1.82) is 0 Å². The third-order valence-corrected chi connectivity index (χ3v) is 4.47. The molecule has 2 aromatic rings. The molecule has 0 aliphatic carbocycles. The molecule has 144 valence electrons. The third-order valence-electron chi connectivity index (χ3n) is 4.47. The van der Waals surface area contributed by atoms with Gasteiger partial charge in [-0.2, -0.15) is 0 Å². The van der Waals surface area contributed by atoms with E-state index in [1.165, 1.54) is 17.2 Å². The van der Waals surface area contributed by atoms with E-state index in [1.807, 2.05) is 0 Å². The van der Waals surface area contributed by atoms with Crippen molar-refractivity contribution in [3.63, 3.8) is 0 Å². The van der Waals surface area contributed by atoms with E-state index in [9.17, 15) is 20.4 Å². The SMILES string of the molecule is CC(C)C[C@@H](CO)Nc1ncnc2c1ncn2[C@@H]1O[C@H](CO)C(O)C1O. The van der Waals surface area contributed by atoms with Crippen LogP contribution in [0.15, 0.2) is 12.7 Å². The number of hydrogen-bond acceptors (Lipinski definition) is 9. The van der Waals surface area contributed by atoms with Crippen molar-refractivity contribution in [3.8, 4) is 0 Å². The number of aliphatic hydroxyl groups excluding tert-OH is 4. The summed E-state index contributed by atoms with van der Waals surface area (Å²) in [5, 5.41) is 42.2. The molecule has 1 aliphatic heterocycles. The van der Waals surface area contributed by atoms with Gasteiger partial charge in [0.15, 0.2) is 23.2 Å². The van der Waals surface area contributed by atoms with E-state index in [-0.39, 0.29) is 12.6 Å². The molecule has 10 nitrogen and oxygen atoms in total. The van der Waals surface area contributed by atoms with Crippen LogP contribution in [0, 0.1) is 5.92 Å². The molecule has 2 unspecified atom stereocenters. The van der Waals surface area contributed by atoms with Crippen LogP contribution in [0.1, 0.15) is 26.5 Å². The summed E-state index contributed by atoms with van der Waals surface area (Å²) >= 11 is 0. The summed E-state index contributed by atoms with van der Waals surface area (Å²) in [5.74, 6) is 0.869. The van der Waals surface area contributed by atoms with Gasteiger partial charge in [-0.05, 0) is 12.3 Å². The quantitative estimate of drug-likeness (QED) is 0.427. The Kier molecular flexibility index (Phi) is 5.68. The summed E-state index contributed by atoms with van der Waals surface area (Å²) in [6.45, 7) is 3.68. The first-order valence-corrected chi connectivity index (χ1v) is 8.63. The summed E-state index contributed by atoms with van der Waals surface area (Å²) < 4.78 is 7.04. The molecule has 1 aliphatic rings. The van der Waals surface area contributed by atoms with Gasteiger partial charge in [-0.15, -0.1) is 0 Å². The van der Waals surface area contributed by atoms with Crippen molar-refractivity contribution in [2.24, 2.45) is 5.92 Å². The molecule has 5 atom stereocenters. The lowest BCUT2D eigenvalue weighted by molar-refractivity contribution is -0.0511. The van der Waals surface area contributed by atoms with Gasteiger partial charge < -0.3 is 30.5 Å². The maximum absolute atomic E-state index is 10.2. The second kappa shape index (κ2) is 7.80. The fourth-order valence-corrected chi connectivity index (χ4v) is 3.20. The van der Waals surface area contributed by atoms with E-state index in [4.69, 9.17) is 4.74 Å². The van der Waals surface area contributed by atoms with E-state index >= 15 is 0 Å². The molecule has 3 heterocycles. The van der Waals surface area contributed by atoms with Crippen LogP contribution in [0.2, 0.25) is 0 Å². The molecule has 0 radical (unpaired) electrons. The number of fused-ring (bicyclic) bond motifs is 1. The Labute approximate surface area is 150 Å². The number of aromatic nitrogens is 4. The number of ether oxygens (including phenoxy) is 1. The predicted molar refractivity (Wildman–Crippen MR) is 92.3 cm³/mol. The zero-order chi connectivity index (χ0) is 18.8. The minimum absolute atomic E-state index is 0.0425. The Balaban J connectivity index is 1.89. The molecule has 5 N–H and O–H groups in total. The monoisotopic (exact) mass is 367 g/mol. The summed E-state index contributed by atoms with van der Waals surface area (Å²) in [6.07, 6.45) is -0.656. The number of hydrogen-bond donors (Lipinski definition) is 5. The van der Waals surface area contributed by atoms with Gasteiger partial charge in [-0.25, -0.2) is 15.0 Å². The molecule has 0 saturated carbocycles. The van der Waals surface area contributed by atoms with Crippen LogP contribution in [-0.2, 0) is 4.74 Å². The van der Waals surface area contributed by atoms with E-state index < -0.39 is 31.1 Å². The summed E-state index contributed by atoms with van der Waals surface area (Å²) in [5.41, 5.74) is 0.881. The molecule has 3 rings (SSSR count). The molecule has 1 saturated heterocycles. The lowest BCUT2D eigenvalue weighted by Crippen LogP contribution is -2.33. The number of aliphatic hydroxyl groups is 4. The smallest absolute Gasteiger partial charge is 0.167 e. The van der Waals surface area contributed by atoms with Gasteiger partial charge in [0.25, 0.3) is 0 Å². The van der Waals surface area contributed by atoms with E-state index in [2.05, 4.69) is 34.1 Å². The standard InChI is InChI=1S/C16H25N5O5/c1-8(2)3-9(4-22)20-14-11-15(18-6-17-14)21(7-19-11)16-13(25)12(24)10(5-23)26-16/h6-10,12-13,16,22-25H,3-5H2,1-2H3,(H,17,18,20)/t9-,10+,12?,13?,16+/m0/s1. The van der Waals surface area contributed by atoms with Gasteiger partial charge in [0.05, 0.1) is 25.6 Å². The highest BCUT2D eigenvalue weighted by Crippen LogP contribution is 2.32. The average molecular weight is 367 g/mol. The Morgan fingerprint density at radius 3 is 2.58 bits per heavy atom. The van der Waals surface area contributed by atoms with E-state index in [0.717, 1.165) is 6.42 Å². The number of nitrogens with one attached hydrogen (secondary N) is 1. The highest BCUT2D eigenvalue weighted by molar-refractivity contribution is 5.82. The van der Waals surface area contributed by atoms with Crippen molar-refractivity contribution in [1.82, 2.24) is 19.5 Å². The van der Waals surface area contributed by atoms with Gasteiger partial charge in [-0.3, -0.25) is 4.57 Å². The highest BCUT2D eigenvalue weighted by atomic mass is 16.6. The molecule has 0 amide bonds. The fraction of sp³-hybridized carbons (Fsp3) is 0.688. The largest absolute Gasteiger partial charge is 0.394 e. The van der Waals surface area contributed by atoms with Crippen LogP contribution in [0.3, 0.4) is 0 Å². The first kappa shape index (κ1) is 18.9. The Bertz CT molecular complexity index is 739. The van der Waals surface area contributed by atoms with Crippen molar-refractivity contribution in [2.45, 2.75) is 50.8 Å². The van der Waals surface area contributed by atoms with Crippen LogP contribution >= 0.6 is 0 Å². The van der Waals surface area contributed by atoms with Crippen LogP contribution in [0.4, 0.5) is 5.82 Å². The van der Waals surface area contributed by atoms with Gasteiger partial charge >= 0.3 is 0 Å². The highest BCUT2D eigenvalue weighted by Gasteiger charge is 2.44. The molecule has 1 fully saturated rings. The number of rotatable bonds is 7. The maximum Gasteiger partial charge on any atom is 0.167 e. The second-order valence-electron chi connectivity index (χ2n) is 6.93. The van der Waals surface area contributed by atoms with Gasteiger partial charge in [-0.1, -0.05) is 13.8 Å². The van der Waals surface area contributed by atoms with E-state index in [1.54, 1.807) is 0 Å². The molecule has 26 heavy (non-hydrogen) atoms. The molecule has 0 aromatic carbocycles. The van der Waals surface area contributed by atoms with Gasteiger partial charge in [0.1, 0.15) is 24.6 Å². The average Bonchev–Trinajstić information content (AvgIpc) is 3.16. The Hall–Kier alpha value is -1.85. The molecule has 0 bridgehead atoms.